The number of para-hydroxylation sites is 1. The van der Waals surface area contributed by atoms with Gasteiger partial charge in [-0.15, -0.1) is 0 Å². The van der Waals surface area contributed by atoms with Gasteiger partial charge in [0.05, 0.1) is 17.9 Å². The summed E-state index contributed by atoms with van der Waals surface area (Å²) < 4.78 is 34.9. The van der Waals surface area contributed by atoms with Gasteiger partial charge < -0.3 is 20.1 Å². The predicted molar refractivity (Wildman–Crippen MR) is 89.3 cm³/mol. The molecule has 0 aromatic heterocycles. The van der Waals surface area contributed by atoms with Gasteiger partial charge >= 0.3 is 6.61 Å². The van der Waals surface area contributed by atoms with E-state index in [9.17, 15) is 13.6 Å². The first-order chi connectivity index (χ1) is 12.0. The number of carbonyl (C=O) groups is 1. The van der Waals surface area contributed by atoms with Crippen LogP contribution in [0.3, 0.4) is 0 Å². The van der Waals surface area contributed by atoms with Crippen LogP contribution in [0.15, 0.2) is 36.4 Å². The van der Waals surface area contributed by atoms with Crippen molar-refractivity contribution in [1.82, 2.24) is 5.32 Å². The van der Waals surface area contributed by atoms with Crippen molar-refractivity contribution < 1.29 is 23.0 Å². The van der Waals surface area contributed by atoms with Crippen molar-refractivity contribution in [2.75, 3.05) is 11.9 Å². The molecule has 0 aliphatic carbocycles. The minimum Gasteiger partial charge on any atom is -0.490 e. The van der Waals surface area contributed by atoms with E-state index < -0.39 is 12.8 Å². The molecule has 1 aliphatic heterocycles. The summed E-state index contributed by atoms with van der Waals surface area (Å²) in [6.07, 6.45) is -0.499. The van der Waals surface area contributed by atoms with Crippen molar-refractivity contribution in [3.8, 4) is 11.5 Å². The minimum atomic E-state index is -2.94. The highest BCUT2D eigenvalue weighted by atomic mass is 19.3. The van der Waals surface area contributed by atoms with E-state index in [1.807, 2.05) is 19.1 Å². The molecule has 0 spiro atoms. The van der Waals surface area contributed by atoms with Crippen molar-refractivity contribution in [2.24, 2.45) is 0 Å². The van der Waals surface area contributed by atoms with Crippen LogP contribution in [0.2, 0.25) is 0 Å². The number of rotatable bonds is 5. The van der Waals surface area contributed by atoms with Crippen molar-refractivity contribution in [3.63, 3.8) is 0 Å². The standard InChI is InChI=1S/C18H18F2N2O3/c1-3-24-14-9-11(7-8-13(14)25-18(19)20)16-21-15-10(2)5-4-6-12(15)17(23)22-16/h4-9,16,18,21H,3H2,1-2H3,(H,22,23)/t16-/m0/s1. The Labute approximate surface area is 143 Å². The smallest absolute Gasteiger partial charge is 0.387 e. The van der Waals surface area contributed by atoms with E-state index in [-0.39, 0.29) is 17.4 Å². The molecule has 132 valence electrons. The van der Waals surface area contributed by atoms with Gasteiger partial charge in [0.2, 0.25) is 0 Å². The molecule has 0 radical (unpaired) electrons. The zero-order valence-corrected chi connectivity index (χ0v) is 13.8. The molecule has 2 aromatic rings. The van der Waals surface area contributed by atoms with Crippen LogP contribution in [-0.4, -0.2) is 19.1 Å². The number of hydrogen-bond acceptors (Lipinski definition) is 4. The van der Waals surface area contributed by atoms with Gasteiger partial charge in [0, 0.05) is 0 Å². The number of anilines is 1. The Morgan fingerprint density at radius 3 is 2.68 bits per heavy atom. The number of halogens is 2. The quantitative estimate of drug-likeness (QED) is 0.862. The summed E-state index contributed by atoms with van der Waals surface area (Å²) >= 11 is 0. The summed E-state index contributed by atoms with van der Waals surface area (Å²) in [6, 6.07) is 10.1. The molecule has 0 bridgehead atoms. The molecular weight excluding hydrogens is 330 g/mol. The van der Waals surface area contributed by atoms with Crippen LogP contribution in [0, 0.1) is 6.92 Å². The van der Waals surface area contributed by atoms with Crippen LogP contribution >= 0.6 is 0 Å². The van der Waals surface area contributed by atoms with Crippen molar-refractivity contribution in [1.29, 1.82) is 0 Å². The maximum Gasteiger partial charge on any atom is 0.387 e. The average molecular weight is 348 g/mol. The molecule has 1 atom stereocenters. The van der Waals surface area contributed by atoms with Gasteiger partial charge in [0.25, 0.3) is 5.91 Å². The molecule has 25 heavy (non-hydrogen) atoms. The summed E-state index contributed by atoms with van der Waals surface area (Å²) in [5, 5.41) is 6.12. The first kappa shape index (κ1) is 17.0. The van der Waals surface area contributed by atoms with E-state index in [0.717, 1.165) is 11.3 Å². The number of aryl methyl sites for hydroxylation is 1. The first-order valence-electron chi connectivity index (χ1n) is 7.88. The molecule has 0 saturated heterocycles. The monoisotopic (exact) mass is 348 g/mol. The summed E-state index contributed by atoms with van der Waals surface area (Å²) in [4.78, 5) is 12.3. The van der Waals surface area contributed by atoms with Gasteiger partial charge in [-0.25, -0.2) is 0 Å². The Balaban J connectivity index is 1.93. The molecule has 7 heteroatoms. The van der Waals surface area contributed by atoms with E-state index in [0.29, 0.717) is 17.7 Å². The fourth-order valence-electron chi connectivity index (χ4n) is 2.77. The van der Waals surface area contributed by atoms with Crippen LogP contribution < -0.4 is 20.1 Å². The Bertz CT molecular complexity index is 796. The van der Waals surface area contributed by atoms with E-state index in [4.69, 9.17) is 4.74 Å². The SMILES string of the molecule is CCOc1cc([C@@H]2NC(=O)c3cccc(C)c3N2)ccc1OC(F)F. The van der Waals surface area contributed by atoms with Crippen LogP contribution in [0.4, 0.5) is 14.5 Å². The lowest BCUT2D eigenvalue weighted by molar-refractivity contribution is -0.0514. The number of carbonyl (C=O) groups excluding carboxylic acids is 1. The van der Waals surface area contributed by atoms with Gasteiger partial charge in [-0.3, -0.25) is 4.79 Å². The summed E-state index contributed by atoms with van der Waals surface area (Å²) in [5.74, 6) is -0.0421. The highest BCUT2D eigenvalue weighted by Crippen LogP contribution is 2.34. The molecule has 1 amide bonds. The van der Waals surface area contributed by atoms with Gasteiger partial charge in [-0.2, -0.15) is 8.78 Å². The van der Waals surface area contributed by atoms with Crippen LogP contribution in [0.1, 0.15) is 34.6 Å². The molecule has 5 nitrogen and oxygen atoms in total. The molecule has 2 aromatic carbocycles. The Hall–Kier alpha value is -2.83. The van der Waals surface area contributed by atoms with E-state index in [1.54, 1.807) is 25.1 Å². The van der Waals surface area contributed by atoms with E-state index in [1.165, 1.54) is 6.07 Å². The highest BCUT2D eigenvalue weighted by Gasteiger charge is 2.26. The first-order valence-corrected chi connectivity index (χ1v) is 7.88. The molecule has 1 heterocycles. The third-order valence-corrected chi connectivity index (χ3v) is 3.90. The normalized spacial score (nSPS) is 16.0. The average Bonchev–Trinajstić information content (AvgIpc) is 2.57. The van der Waals surface area contributed by atoms with Crippen LogP contribution in [0.25, 0.3) is 0 Å². The number of fused-ring (bicyclic) bond motifs is 1. The third kappa shape index (κ3) is 3.50. The zero-order chi connectivity index (χ0) is 18.0. The highest BCUT2D eigenvalue weighted by molar-refractivity contribution is 6.02. The van der Waals surface area contributed by atoms with Gasteiger partial charge in [-0.1, -0.05) is 18.2 Å². The lowest BCUT2D eigenvalue weighted by Gasteiger charge is -2.29. The molecule has 0 unspecified atom stereocenters. The van der Waals surface area contributed by atoms with E-state index >= 15 is 0 Å². The molecular formula is C18H18F2N2O3. The number of amides is 1. The summed E-state index contributed by atoms with van der Waals surface area (Å²) in [6.45, 7) is 1.02. The van der Waals surface area contributed by atoms with Crippen LogP contribution in [0.5, 0.6) is 11.5 Å². The fraction of sp³-hybridized carbons (Fsp3) is 0.278. The van der Waals surface area contributed by atoms with Crippen molar-refractivity contribution >= 4 is 11.6 Å². The number of hydrogen-bond donors (Lipinski definition) is 2. The molecule has 2 N–H and O–H groups in total. The number of ether oxygens (including phenoxy) is 2. The maximum atomic E-state index is 12.5. The Morgan fingerprint density at radius 1 is 1.16 bits per heavy atom. The predicted octanol–water partition coefficient (Wildman–Crippen LogP) is 3.85. The van der Waals surface area contributed by atoms with Crippen molar-refractivity contribution in [3.05, 3.63) is 53.1 Å². The maximum absolute atomic E-state index is 12.5. The van der Waals surface area contributed by atoms with Crippen molar-refractivity contribution in [2.45, 2.75) is 26.6 Å². The number of alkyl halides is 2. The lowest BCUT2D eigenvalue weighted by atomic mass is 10.0. The van der Waals surface area contributed by atoms with Gasteiger partial charge in [-0.05, 0) is 43.2 Å². The molecule has 0 saturated carbocycles. The molecule has 3 rings (SSSR count). The van der Waals surface area contributed by atoms with Crippen LogP contribution in [-0.2, 0) is 0 Å². The van der Waals surface area contributed by atoms with E-state index in [2.05, 4.69) is 15.4 Å². The molecule has 0 fully saturated rings. The van der Waals surface area contributed by atoms with Gasteiger partial charge in [0.15, 0.2) is 11.5 Å². The lowest BCUT2D eigenvalue weighted by Crippen LogP contribution is -2.38. The summed E-state index contributed by atoms with van der Waals surface area (Å²) in [7, 11) is 0. The largest absolute Gasteiger partial charge is 0.490 e. The Morgan fingerprint density at radius 2 is 1.96 bits per heavy atom. The second kappa shape index (κ2) is 6.96. The fourth-order valence-corrected chi connectivity index (χ4v) is 2.77. The second-order valence-corrected chi connectivity index (χ2v) is 5.57. The third-order valence-electron chi connectivity index (χ3n) is 3.90. The second-order valence-electron chi connectivity index (χ2n) is 5.57. The topological polar surface area (TPSA) is 59.6 Å². The Kier molecular flexibility index (Phi) is 4.74. The van der Waals surface area contributed by atoms with Gasteiger partial charge in [0.1, 0.15) is 6.17 Å². The number of benzene rings is 2. The summed E-state index contributed by atoms with van der Waals surface area (Å²) in [5.41, 5.74) is 2.94. The minimum absolute atomic E-state index is 0.0423. The molecule has 1 aliphatic rings. The number of nitrogens with one attached hydrogen (secondary N) is 2. The zero-order valence-electron chi connectivity index (χ0n) is 13.8.